The molecule has 0 N–H and O–H groups in total. The molecule has 96 valence electrons. The molecule has 0 aromatic carbocycles. The second-order valence-electron chi connectivity index (χ2n) is 3.48. The van der Waals surface area contributed by atoms with Gasteiger partial charge >= 0.3 is 5.66 Å². The van der Waals surface area contributed by atoms with E-state index < -0.39 is 18.1 Å². The second kappa shape index (κ2) is 5.83. The van der Waals surface area contributed by atoms with Gasteiger partial charge in [-0.3, -0.25) is 0 Å². The average Bonchev–Trinajstić information content (AvgIpc) is 2.71. The van der Waals surface area contributed by atoms with Crippen molar-refractivity contribution in [2.24, 2.45) is 5.92 Å². The minimum absolute atomic E-state index is 0.0333. The van der Waals surface area contributed by atoms with Gasteiger partial charge in [0, 0.05) is 6.61 Å². The standard InChI is InChI=1S/C9H17F2O3PS/c1-3-13-15(16,14-4-2)9(10,11)8-5-6-12-7-8/h8H,3-7H2,1-2H3. The van der Waals surface area contributed by atoms with Crippen molar-refractivity contribution in [1.82, 2.24) is 0 Å². The third-order valence-corrected chi connectivity index (χ3v) is 6.04. The van der Waals surface area contributed by atoms with Crippen LogP contribution in [-0.4, -0.2) is 32.1 Å². The zero-order valence-electron chi connectivity index (χ0n) is 9.45. The highest BCUT2D eigenvalue weighted by Crippen LogP contribution is 2.65. The van der Waals surface area contributed by atoms with Crippen molar-refractivity contribution >= 4 is 18.3 Å². The predicted octanol–water partition coefficient (Wildman–Crippen LogP) is 3.00. The van der Waals surface area contributed by atoms with Crippen molar-refractivity contribution in [1.29, 1.82) is 0 Å². The first kappa shape index (κ1) is 14.5. The summed E-state index contributed by atoms with van der Waals surface area (Å²) in [6, 6.07) is 0. The fourth-order valence-corrected chi connectivity index (χ4v) is 4.41. The molecule has 0 aliphatic carbocycles. The van der Waals surface area contributed by atoms with Crippen LogP contribution in [0.4, 0.5) is 8.78 Å². The van der Waals surface area contributed by atoms with E-state index in [1.807, 2.05) is 0 Å². The summed E-state index contributed by atoms with van der Waals surface area (Å²) >= 11 is 4.93. The maximum atomic E-state index is 14.2. The van der Waals surface area contributed by atoms with Crippen LogP contribution in [0.2, 0.25) is 0 Å². The van der Waals surface area contributed by atoms with Crippen molar-refractivity contribution in [3.8, 4) is 0 Å². The molecule has 1 fully saturated rings. The lowest BCUT2D eigenvalue weighted by atomic mass is 10.1. The molecule has 1 aliphatic heterocycles. The van der Waals surface area contributed by atoms with Crippen LogP contribution >= 0.6 is 6.49 Å². The van der Waals surface area contributed by atoms with Crippen molar-refractivity contribution in [2.45, 2.75) is 25.9 Å². The largest absolute Gasteiger partial charge is 0.381 e. The molecule has 3 nitrogen and oxygen atoms in total. The Morgan fingerprint density at radius 2 is 1.94 bits per heavy atom. The Hall–Kier alpha value is 0.390. The number of hydrogen-bond acceptors (Lipinski definition) is 4. The number of hydrogen-bond donors (Lipinski definition) is 0. The van der Waals surface area contributed by atoms with E-state index in [1.54, 1.807) is 13.8 Å². The van der Waals surface area contributed by atoms with Crippen molar-refractivity contribution in [3.63, 3.8) is 0 Å². The summed E-state index contributed by atoms with van der Waals surface area (Å²) < 4.78 is 43.4. The minimum atomic E-state index is -3.55. The summed E-state index contributed by atoms with van der Waals surface area (Å²) in [6.07, 6.45) is 0.311. The van der Waals surface area contributed by atoms with Crippen LogP contribution in [0.3, 0.4) is 0 Å². The highest BCUT2D eigenvalue weighted by molar-refractivity contribution is 8.10. The fourth-order valence-electron chi connectivity index (χ4n) is 1.58. The number of ether oxygens (including phenoxy) is 1. The van der Waals surface area contributed by atoms with E-state index in [0.717, 1.165) is 0 Å². The number of rotatable bonds is 6. The first-order valence-electron chi connectivity index (χ1n) is 5.32. The Balaban J connectivity index is 2.85. The van der Waals surface area contributed by atoms with E-state index in [4.69, 9.17) is 25.6 Å². The molecule has 0 bridgehead atoms. The molecular formula is C9H17F2O3PS. The Labute approximate surface area is 99.6 Å². The van der Waals surface area contributed by atoms with Crippen LogP contribution in [0.5, 0.6) is 0 Å². The van der Waals surface area contributed by atoms with Gasteiger partial charge in [0.2, 0.25) is 0 Å². The summed E-state index contributed by atoms with van der Waals surface area (Å²) in [6.45, 7) is 0.396. The monoisotopic (exact) mass is 274 g/mol. The molecule has 0 saturated carbocycles. The maximum absolute atomic E-state index is 14.2. The Bertz CT molecular complexity index is 259. The molecule has 0 spiro atoms. The van der Waals surface area contributed by atoms with Gasteiger partial charge < -0.3 is 13.8 Å². The van der Waals surface area contributed by atoms with Gasteiger partial charge in [0.1, 0.15) is 0 Å². The zero-order valence-corrected chi connectivity index (χ0v) is 11.2. The first-order chi connectivity index (χ1) is 7.48. The van der Waals surface area contributed by atoms with Crippen molar-refractivity contribution in [2.75, 3.05) is 26.4 Å². The van der Waals surface area contributed by atoms with Gasteiger partial charge in [-0.05, 0) is 32.1 Å². The van der Waals surface area contributed by atoms with Gasteiger partial charge in [0.05, 0.1) is 25.7 Å². The summed E-state index contributed by atoms with van der Waals surface area (Å²) in [5.41, 5.74) is -3.11. The van der Waals surface area contributed by atoms with Crippen molar-refractivity contribution in [3.05, 3.63) is 0 Å². The fraction of sp³-hybridized carbons (Fsp3) is 1.00. The zero-order chi connectivity index (χ0) is 12.2. The van der Waals surface area contributed by atoms with E-state index in [-0.39, 0.29) is 19.8 Å². The van der Waals surface area contributed by atoms with Crippen LogP contribution in [-0.2, 0) is 25.6 Å². The van der Waals surface area contributed by atoms with E-state index >= 15 is 0 Å². The smallest absolute Gasteiger partial charge is 0.325 e. The van der Waals surface area contributed by atoms with Gasteiger partial charge in [-0.1, -0.05) is 0 Å². The Morgan fingerprint density at radius 3 is 2.31 bits per heavy atom. The van der Waals surface area contributed by atoms with Crippen LogP contribution in [0, 0.1) is 5.92 Å². The lowest BCUT2D eigenvalue weighted by molar-refractivity contribution is -0.00223. The predicted molar refractivity (Wildman–Crippen MR) is 61.4 cm³/mol. The Kier molecular flexibility index (Phi) is 5.26. The molecule has 0 aromatic heterocycles. The summed E-state index contributed by atoms with van der Waals surface area (Å²) in [5, 5.41) is 0. The molecule has 16 heavy (non-hydrogen) atoms. The summed E-state index contributed by atoms with van der Waals surface area (Å²) in [7, 11) is 0. The summed E-state index contributed by atoms with van der Waals surface area (Å²) in [4.78, 5) is 0. The minimum Gasteiger partial charge on any atom is -0.381 e. The molecule has 1 atom stereocenters. The van der Waals surface area contributed by atoms with Crippen LogP contribution < -0.4 is 0 Å². The van der Waals surface area contributed by atoms with Gasteiger partial charge in [-0.2, -0.15) is 8.78 Å². The molecule has 0 amide bonds. The van der Waals surface area contributed by atoms with Crippen LogP contribution in [0.25, 0.3) is 0 Å². The molecule has 1 rings (SSSR count). The van der Waals surface area contributed by atoms with E-state index in [0.29, 0.717) is 13.0 Å². The Morgan fingerprint density at radius 1 is 1.38 bits per heavy atom. The van der Waals surface area contributed by atoms with Gasteiger partial charge in [0.15, 0.2) is 0 Å². The van der Waals surface area contributed by atoms with E-state index in [1.165, 1.54) is 0 Å². The molecule has 1 aliphatic rings. The topological polar surface area (TPSA) is 27.7 Å². The molecular weight excluding hydrogens is 257 g/mol. The van der Waals surface area contributed by atoms with E-state index in [2.05, 4.69) is 0 Å². The lowest BCUT2D eigenvalue weighted by Gasteiger charge is -2.32. The molecule has 0 radical (unpaired) electrons. The molecule has 1 saturated heterocycles. The van der Waals surface area contributed by atoms with E-state index in [9.17, 15) is 8.78 Å². The first-order valence-corrected chi connectivity index (χ1v) is 7.96. The molecule has 1 heterocycles. The third kappa shape index (κ3) is 2.79. The maximum Gasteiger partial charge on any atom is 0.325 e. The normalized spacial score (nSPS) is 22.6. The van der Waals surface area contributed by atoms with Crippen LogP contribution in [0.1, 0.15) is 20.3 Å². The number of halogens is 2. The quantitative estimate of drug-likeness (QED) is 0.696. The van der Waals surface area contributed by atoms with Crippen LogP contribution in [0.15, 0.2) is 0 Å². The summed E-state index contributed by atoms with van der Waals surface area (Å²) in [5.74, 6) is -0.878. The van der Waals surface area contributed by atoms with Gasteiger partial charge in [-0.25, -0.2) is 0 Å². The van der Waals surface area contributed by atoms with Gasteiger partial charge in [0.25, 0.3) is 6.49 Å². The molecule has 7 heteroatoms. The van der Waals surface area contributed by atoms with Crippen molar-refractivity contribution < 1.29 is 22.6 Å². The highest BCUT2D eigenvalue weighted by Gasteiger charge is 2.55. The highest BCUT2D eigenvalue weighted by atomic mass is 32.5. The molecule has 1 unspecified atom stereocenters. The average molecular weight is 274 g/mol. The molecule has 0 aromatic rings. The SMILES string of the molecule is CCOP(=S)(OCC)C(F)(F)C1CCOC1. The number of alkyl halides is 2. The lowest BCUT2D eigenvalue weighted by Crippen LogP contribution is -2.30. The second-order valence-corrected chi connectivity index (χ2v) is 7.03. The van der Waals surface area contributed by atoms with Gasteiger partial charge in [-0.15, -0.1) is 0 Å². The third-order valence-electron chi connectivity index (χ3n) is 2.38.